The Bertz CT molecular complexity index is 202. The third kappa shape index (κ3) is 1.36. The lowest BCUT2D eigenvalue weighted by molar-refractivity contribution is -0.254. The number of quaternary nitrogens is 1. The molecule has 0 bridgehead atoms. The molecule has 0 amide bonds. The normalized spacial score (nSPS) is 9.67. The first-order chi connectivity index (χ1) is 4.22. The van der Waals surface area contributed by atoms with Gasteiger partial charge in [-0.05, 0) is 12.1 Å². The molecular formula is C6H6Cl2N+. The fourth-order valence-corrected chi connectivity index (χ4v) is 0.930. The van der Waals surface area contributed by atoms with E-state index in [4.69, 9.17) is 23.2 Å². The van der Waals surface area contributed by atoms with E-state index in [0.29, 0.717) is 15.7 Å². The third-order valence-corrected chi connectivity index (χ3v) is 1.77. The molecule has 0 spiro atoms. The topological polar surface area (TPSA) is 27.6 Å². The first-order valence-electron chi connectivity index (χ1n) is 2.48. The summed E-state index contributed by atoms with van der Waals surface area (Å²) in [5.74, 6) is 0. The van der Waals surface area contributed by atoms with Crippen LogP contribution >= 0.6 is 23.2 Å². The van der Waals surface area contributed by atoms with Gasteiger partial charge in [0.1, 0.15) is 10.0 Å². The van der Waals surface area contributed by atoms with Crippen molar-refractivity contribution in [3.05, 3.63) is 28.2 Å². The minimum Gasteiger partial charge on any atom is -0.323 e. The maximum absolute atomic E-state index is 5.67. The van der Waals surface area contributed by atoms with Gasteiger partial charge in [0.2, 0.25) is 0 Å². The van der Waals surface area contributed by atoms with Crippen LogP contribution in [0.25, 0.3) is 0 Å². The maximum Gasteiger partial charge on any atom is 0.165 e. The van der Waals surface area contributed by atoms with Gasteiger partial charge in [-0.3, -0.25) is 0 Å². The first-order valence-corrected chi connectivity index (χ1v) is 3.23. The van der Waals surface area contributed by atoms with E-state index in [0.717, 1.165) is 0 Å². The molecule has 0 aromatic heterocycles. The van der Waals surface area contributed by atoms with Crippen molar-refractivity contribution < 1.29 is 5.73 Å². The average molecular weight is 163 g/mol. The Morgan fingerprint density at radius 2 is 1.56 bits per heavy atom. The zero-order chi connectivity index (χ0) is 6.85. The molecule has 1 nitrogen and oxygen atoms in total. The van der Waals surface area contributed by atoms with Gasteiger partial charge < -0.3 is 5.73 Å². The second-order valence-electron chi connectivity index (χ2n) is 1.70. The average Bonchev–Trinajstić information content (AvgIpc) is 1.83. The van der Waals surface area contributed by atoms with E-state index < -0.39 is 0 Å². The zero-order valence-corrected chi connectivity index (χ0v) is 6.21. The monoisotopic (exact) mass is 162 g/mol. The highest BCUT2D eigenvalue weighted by atomic mass is 35.5. The highest BCUT2D eigenvalue weighted by molar-refractivity contribution is 6.37. The summed E-state index contributed by atoms with van der Waals surface area (Å²) in [5.41, 5.74) is 4.35. The van der Waals surface area contributed by atoms with Gasteiger partial charge in [0.25, 0.3) is 0 Å². The largest absolute Gasteiger partial charge is 0.323 e. The van der Waals surface area contributed by atoms with Crippen LogP contribution in [0.1, 0.15) is 0 Å². The number of hydrogen-bond donors (Lipinski definition) is 1. The van der Waals surface area contributed by atoms with E-state index in [1.807, 2.05) is 0 Å². The van der Waals surface area contributed by atoms with Gasteiger partial charge in [0, 0.05) is 0 Å². The Morgan fingerprint density at radius 3 is 1.89 bits per heavy atom. The number of halogens is 2. The van der Waals surface area contributed by atoms with Crippen molar-refractivity contribution in [2.45, 2.75) is 0 Å². The van der Waals surface area contributed by atoms with Gasteiger partial charge in [-0.1, -0.05) is 29.3 Å². The van der Waals surface area contributed by atoms with Crippen LogP contribution in [-0.4, -0.2) is 0 Å². The lowest BCUT2D eigenvalue weighted by atomic mass is 10.3. The van der Waals surface area contributed by atoms with E-state index in [2.05, 4.69) is 5.73 Å². The molecule has 0 radical (unpaired) electrons. The van der Waals surface area contributed by atoms with Crippen molar-refractivity contribution in [1.82, 2.24) is 0 Å². The Morgan fingerprint density at radius 1 is 1.11 bits per heavy atom. The minimum absolute atomic E-state index is 0.613. The lowest BCUT2D eigenvalue weighted by Gasteiger charge is -1.92. The van der Waals surface area contributed by atoms with Gasteiger partial charge >= 0.3 is 0 Å². The van der Waals surface area contributed by atoms with Crippen molar-refractivity contribution >= 4 is 28.9 Å². The molecule has 1 rings (SSSR count). The van der Waals surface area contributed by atoms with Crippen LogP contribution in [0, 0.1) is 0 Å². The standard InChI is InChI=1S/C6H5Cl2N/c7-4-2-1-3-5(8)6(4)9/h1-3H,9H2/p+1. The first kappa shape index (κ1) is 6.87. The van der Waals surface area contributed by atoms with Gasteiger partial charge in [0.05, 0.1) is 0 Å². The summed E-state index contributed by atoms with van der Waals surface area (Å²) in [6.45, 7) is 0. The molecule has 3 N–H and O–H groups in total. The fourth-order valence-electron chi connectivity index (χ4n) is 0.532. The van der Waals surface area contributed by atoms with Crippen LogP contribution in [0.3, 0.4) is 0 Å². The molecular weight excluding hydrogens is 157 g/mol. The Kier molecular flexibility index (Phi) is 1.96. The molecule has 9 heavy (non-hydrogen) atoms. The van der Waals surface area contributed by atoms with Crippen LogP contribution < -0.4 is 5.73 Å². The van der Waals surface area contributed by atoms with E-state index in [-0.39, 0.29) is 0 Å². The SMILES string of the molecule is [NH3+]c1c(Cl)cccc1Cl. The lowest BCUT2D eigenvalue weighted by Crippen LogP contribution is -2.40. The summed E-state index contributed by atoms with van der Waals surface area (Å²) < 4.78 is 0. The fraction of sp³-hybridized carbons (Fsp3) is 0. The van der Waals surface area contributed by atoms with Crippen molar-refractivity contribution in [2.75, 3.05) is 0 Å². The van der Waals surface area contributed by atoms with Crippen LogP contribution in [0.4, 0.5) is 5.69 Å². The van der Waals surface area contributed by atoms with Crippen molar-refractivity contribution in [2.24, 2.45) is 0 Å². The number of hydrogen-bond acceptors (Lipinski definition) is 0. The van der Waals surface area contributed by atoms with Crippen LogP contribution in [0.5, 0.6) is 0 Å². The molecule has 0 saturated carbocycles. The predicted octanol–water partition coefficient (Wildman–Crippen LogP) is 1.87. The Labute approximate surface area is 63.4 Å². The van der Waals surface area contributed by atoms with Gasteiger partial charge in [-0.15, -0.1) is 0 Å². The number of benzene rings is 1. The summed E-state index contributed by atoms with van der Waals surface area (Å²) >= 11 is 11.3. The van der Waals surface area contributed by atoms with E-state index in [9.17, 15) is 0 Å². The van der Waals surface area contributed by atoms with Crippen LogP contribution in [-0.2, 0) is 0 Å². The molecule has 0 unspecified atom stereocenters. The summed E-state index contributed by atoms with van der Waals surface area (Å²) in [7, 11) is 0. The third-order valence-electron chi connectivity index (χ3n) is 1.06. The second kappa shape index (κ2) is 2.56. The molecule has 0 atom stereocenters. The van der Waals surface area contributed by atoms with Crippen molar-refractivity contribution in [1.29, 1.82) is 0 Å². The Hall–Kier alpha value is -0.240. The van der Waals surface area contributed by atoms with Crippen LogP contribution in [0.2, 0.25) is 10.0 Å². The minimum atomic E-state index is 0.613. The molecule has 0 aliphatic heterocycles. The Balaban J connectivity index is 3.25. The molecule has 0 aliphatic rings. The molecule has 1 aromatic carbocycles. The summed E-state index contributed by atoms with van der Waals surface area (Å²) in [6.07, 6.45) is 0. The summed E-state index contributed by atoms with van der Waals surface area (Å²) in [6, 6.07) is 5.31. The van der Waals surface area contributed by atoms with Crippen molar-refractivity contribution in [3.63, 3.8) is 0 Å². The molecule has 3 heteroatoms. The maximum atomic E-state index is 5.67. The molecule has 0 aliphatic carbocycles. The molecule has 1 aromatic rings. The zero-order valence-electron chi connectivity index (χ0n) is 4.70. The summed E-state index contributed by atoms with van der Waals surface area (Å²) in [5, 5.41) is 1.23. The van der Waals surface area contributed by atoms with Gasteiger partial charge in [-0.2, -0.15) is 0 Å². The second-order valence-corrected chi connectivity index (χ2v) is 2.51. The molecule has 0 fully saturated rings. The quantitative estimate of drug-likeness (QED) is 0.604. The summed E-state index contributed by atoms with van der Waals surface area (Å²) in [4.78, 5) is 0. The number of rotatable bonds is 0. The predicted molar refractivity (Wildman–Crippen MR) is 39.0 cm³/mol. The van der Waals surface area contributed by atoms with E-state index >= 15 is 0 Å². The molecule has 0 saturated heterocycles. The van der Waals surface area contributed by atoms with E-state index in [1.165, 1.54) is 0 Å². The highest BCUT2D eigenvalue weighted by Crippen LogP contribution is 2.24. The van der Waals surface area contributed by atoms with Crippen molar-refractivity contribution in [3.8, 4) is 0 Å². The molecule has 0 heterocycles. The highest BCUT2D eigenvalue weighted by Gasteiger charge is 2.01. The van der Waals surface area contributed by atoms with Crippen LogP contribution in [0.15, 0.2) is 18.2 Å². The van der Waals surface area contributed by atoms with E-state index in [1.54, 1.807) is 18.2 Å². The van der Waals surface area contributed by atoms with Gasteiger partial charge in [0.15, 0.2) is 5.69 Å². The molecule has 48 valence electrons. The smallest absolute Gasteiger partial charge is 0.165 e. The van der Waals surface area contributed by atoms with Gasteiger partial charge in [-0.25, -0.2) is 0 Å².